The second kappa shape index (κ2) is 7.26. The van der Waals surface area contributed by atoms with Gasteiger partial charge in [0.25, 0.3) is 0 Å². The molecule has 0 radical (unpaired) electrons. The number of hydrogen-bond acceptors (Lipinski definition) is 2. The second-order valence-corrected chi connectivity index (χ2v) is 9.48. The van der Waals surface area contributed by atoms with Crippen LogP contribution < -0.4 is 0 Å². The first-order valence-corrected chi connectivity index (χ1v) is 12.0. The molecule has 6 aromatic rings. The molecule has 0 saturated heterocycles. The molecule has 0 atom stereocenters. The van der Waals surface area contributed by atoms with Gasteiger partial charge < -0.3 is 0 Å². The number of benzene rings is 4. The summed E-state index contributed by atoms with van der Waals surface area (Å²) in [5.74, 6) is 0. The van der Waals surface area contributed by atoms with Gasteiger partial charge in [0.05, 0.1) is 10.6 Å². The lowest BCUT2D eigenvalue weighted by Crippen LogP contribution is -1.98. The Morgan fingerprint density at radius 2 is 0.939 bits per heavy atom. The third-order valence-corrected chi connectivity index (χ3v) is 7.66. The molecule has 2 heteroatoms. The summed E-state index contributed by atoms with van der Waals surface area (Å²) in [6.07, 6.45) is 2.07. The van der Waals surface area contributed by atoms with E-state index in [2.05, 4.69) is 115 Å². The topological polar surface area (TPSA) is 12.9 Å². The summed E-state index contributed by atoms with van der Waals surface area (Å²) in [6.45, 7) is 0. The fraction of sp³-hybridized carbons (Fsp3) is 0. The lowest BCUT2D eigenvalue weighted by molar-refractivity contribution is 1.34. The van der Waals surface area contributed by atoms with Crippen molar-refractivity contribution in [1.82, 2.24) is 4.98 Å². The SMILES string of the molecule is c1ccc2c(c1)-c1ccccc1-c1cnc(-c3cc4ccccc4s3)cc1-c1ccccc1-2. The van der Waals surface area contributed by atoms with Gasteiger partial charge in [0.2, 0.25) is 0 Å². The average Bonchev–Trinajstić information content (AvgIpc) is 3.32. The predicted molar refractivity (Wildman–Crippen MR) is 140 cm³/mol. The number of thiophene rings is 1. The normalized spacial score (nSPS) is 11.6. The molecule has 1 nitrogen and oxygen atoms in total. The van der Waals surface area contributed by atoms with Gasteiger partial charge in [-0.2, -0.15) is 0 Å². The van der Waals surface area contributed by atoms with Crippen LogP contribution in [0.3, 0.4) is 0 Å². The van der Waals surface area contributed by atoms with E-state index in [0.29, 0.717) is 0 Å². The first-order chi connectivity index (χ1) is 16.4. The summed E-state index contributed by atoms with van der Waals surface area (Å²) in [4.78, 5) is 6.17. The Labute approximate surface area is 196 Å². The molecular formula is C31H19NS. The molecule has 0 bridgehead atoms. The lowest BCUT2D eigenvalue weighted by atomic mass is 9.81. The van der Waals surface area contributed by atoms with Crippen LogP contribution in [0.2, 0.25) is 0 Å². The standard InChI is InChI=1S/C31H19NS/c1-8-16-30-20(9-1)17-31(33-30)29-18-27-25-14-6-4-12-23(25)21-10-2-3-11-22(21)24-13-5-7-15-26(24)28(27)19-32-29/h1-19H. The third kappa shape index (κ3) is 2.88. The average molecular weight is 438 g/mol. The van der Waals surface area contributed by atoms with E-state index in [1.54, 1.807) is 11.3 Å². The van der Waals surface area contributed by atoms with E-state index in [4.69, 9.17) is 4.98 Å². The summed E-state index contributed by atoms with van der Waals surface area (Å²) in [5.41, 5.74) is 11.0. The van der Waals surface area contributed by atoms with Gasteiger partial charge in [-0.05, 0) is 62.5 Å². The third-order valence-electron chi connectivity index (χ3n) is 6.52. The molecule has 0 aliphatic heterocycles. The fourth-order valence-corrected chi connectivity index (χ4v) is 6.02. The van der Waals surface area contributed by atoms with Crippen molar-refractivity contribution in [2.75, 3.05) is 0 Å². The highest BCUT2D eigenvalue weighted by atomic mass is 32.1. The number of pyridine rings is 1. The fourth-order valence-electron chi connectivity index (χ4n) is 4.99. The zero-order chi connectivity index (χ0) is 21.8. The molecule has 0 fully saturated rings. The molecule has 2 heterocycles. The van der Waals surface area contributed by atoms with Crippen molar-refractivity contribution < 1.29 is 0 Å². The highest BCUT2D eigenvalue weighted by Gasteiger charge is 2.22. The van der Waals surface area contributed by atoms with Crippen molar-refractivity contribution in [3.8, 4) is 55.1 Å². The molecule has 0 amide bonds. The molecular weight excluding hydrogens is 418 g/mol. The van der Waals surface area contributed by atoms with E-state index in [1.807, 2.05) is 0 Å². The van der Waals surface area contributed by atoms with Crippen LogP contribution in [0.4, 0.5) is 0 Å². The first kappa shape index (κ1) is 18.6. The molecule has 0 N–H and O–H groups in total. The molecule has 0 unspecified atom stereocenters. The Bertz CT molecular complexity index is 1640. The molecule has 0 saturated carbocycles. The van der Waals surface area contributed by atoms with Gasteiger partial charge in [0, 0.05) is 16.5 Å². The van der Waals surface area contributed by atoms with Crippen LogP contribution in [-0.2, 0) is 0 Å². The molecule has 33 heavy (non-hydrogen) atoms. The van der Waals surface area contributed by atoms with E-state index in [-0.39, 0.29) is 0 Å². The maximum absolute atomic E-state index is 4.97. The summed E-state index contributed by atoms with van der Waals surface area (Å²) < 4.78 is 1.29. The van der Waals surface area contributed by atoms with E-state index in [1.165, 1.54) is 59.5 Å². The monoisotopic (exact) mass is 437 g/mol. The van der Waals surface area contributed by atoms with Crippen LogP contribution in [0.5, 0.6) is 0 Å². The molecule has 154 valence electrons. The van der Waals surface area contributed by atoms with Crippen molar-refractivity contribution in [3.05, 3.63) is 115 Å². The smallest absolute Gasteiger partial charge is 0.0808 e. The maximum Gasteiger partial charge on any atom is 0.0808 e. The van der Waals surface area contributed by atoms with Crippen molar-refractivity contribution in [2.24, 2.45) is 0 Å². The minimum absolute atomic E-state index is 1.02. The Morgan fingerprint density at radius 1 is 0.455 bits per heavy atom. The van der Waals surface area contributed by atoms with Crippen molar-refractivity contribution in [1.29, 1.82) is 0 Å². The minimum atomic E-state index is 1.02. The summed E-state index contributed by atoms with van der Waals surface area (Å²) >= 11 is 1.80. The highest BCUT2D eigenvalue weighted by molar-refractivity contribution is 7.22. The van der Waals surface area contributed by atoms with Crippen LogP contribution in [0.15, 0.2) is 115 Å². The Hall–Kier alpha value is -4.01. The zero-order valence-electron chi connectivity index (χ0n) is 17.8. The van der Waals surface area contributed by atoms with Crippen molar-refractivity contribution in [3.63, 3.8) is 0 Å². The van der Waals surface area contributed by atoms with Crippen LogP contribution in [0.25, 0.3) is 65.2 Å². The highest BCUT2D eigenvalue weighted by Crippen LogP contribution is 2.48. The van der Waals surface area contributed by atoms with Gasteiger partial charge in [0.1, 0.15) is 0 Å². The van der Waals surface area contributed by atoms with Crippen molar-refractivity contribution >= 4 is 21.4 Å². The summed E-state index contributed by atoms with van der Waals surface area (Å²) in [6, 6.07) is 39.3. The molecule has 2 aromatic heterocycles. The van der Waals surface area contributed by atoms with Crippen molar-refractivity contribution in [2.45, 2.75) is 0 Å². The van der Waals surface area contributed by atoms with E-state index < -0.39 is 0 Å². The van der Waals surface area contributed by atoms with Gasteiger partial charge in [-0.3, -0.25) is 4.98 Å². The minimum Gasteiger partial charge on any atom is -0.255 e. The molecule has 1 aliphatic carbocycles. The molecule has 1 aliphatic rings. The zero-order valence-corrected chi connectivity index (χ0v) is 18.6. The van der Waals surface area contributed by atoms with E-state index in [0.717, 1.165) is 5.69 Å². The van der Waals surface area contributed by atoms with Crippen LogP contribution >= 0.6 is 11.3 Å². The first-order valence-electron chi connectivity index (χ1n) is 11.1. The maximum atomic E-state index is 4.97. The van der Waals surface area contributed by atoms with E-state index >= 15 is 0 Å². The van der Waals surface area contributed by atoms with Gasteiger partial charge in [0.15, 0.2) is 0 Å². The Morgan fingerprint density at radius 3 is 1.52 bits per heavy atom. The van der Waals surface area contributed by atoms with Crippen LogP contribution in [0, 0.1) is 0 Å². The van der Waals surface area contributed by atoms with Crippen LogP contribution in [-0.4, -0.2) is 4.98 Å². The quantitative estimate of drug-likeness (QED) is 0.250. The van der Waals surface area contributed by atoms with E-state index in [9.17, 15) is 0 Å². The lowest BCUT2D eigenvalue weighted by Gasteiger charge is -2.23. The predicted octanol–water partition coefficient (Wildman–Crippen LogP) is 8.94. The molecule has 0 spiro atoms. The van der Waals surface area contributed by atoms with Crippen LogP contribution in [0.1, 0.15) is 0 Å². The number of fused-ring (bicyclic) bond motifs is 9. The van der Waals surface area contributed by atoms with Gasteiger partial charge in [-0.1, -0.05) is 91.0 Å². The number of hydrogen-bond donors (Lipinski definition) is 0. The Balaban J connectivity index is 1.55. The molecule has 7 rings (SSSR count). The largest absolute Gasteiger partial charge is 0.255 e. The van der Waals surface area contributed by atoms with Gasteiger partial charge >= 0.3 is 0 Å². The number of nitrogens with zero attached hydrogens (tertiary/aromatic N) is 1. The number of aromatic nitrogens is 1. The van der Waals surface area contributed by atoms with Gasteiger partial charge in [-0.25, -0.2) is 0 Å². The second-order valence-electron chi connectivity index (χ2n) is 8.40. The summed E-state index contributed by atoms with van der Waals surface area (Å²) in [7, 11) is 0. The van der Waals surface area contributed by atoms with Gasteiger partial charge in [-0.15, -0.1) is 11.3 Å². The number of rotatable bonds is 1. The summed E-state index contributed by atoms with van der Waals surface area (Å²) in [5, 5.41) is 1.27. The molecule has 4 aromatic carbocycles. The Kier molecular flexibility index (Phi) is 4.08.